The van der Waals surface area contributed by atoms with Gasteiger partial charge in [0, 0.05) is 4.75 Å². The van der Waals surface area contributed by atoms with Crippen molar-refractivity contribution in [1.82, 2.24) is 0 Å². The second-order valence-corrected chi connectivity index (χ2v) is 9.18. The third-order valence-electron chi connectivity index (χ3n) is 1.82. The summed E-state index contributed by atoms with van der Waals surface area (Å²) < 4.78 is 14.5. The standard InChI is InChI=1S/C10H14BrClNOS2/c1-10(2,3)16(14)6-13(4)9-7(12)5-8(11)15-9/h5-6H,1-4H3/q+1/t16-/m0/s1. The first kappa shape index (κ1) is 14.4. The second kappa shape index (κ2) is 5.29. The molecule has 0 unspecified atom stereocenters. The third-order valence-corrected chi connectivity index (χ3v) is 5.66. The minimum atomic E-state index is -1.03. The van der Waals surface area contributed by atoms with Gasteiger partial charge in [0.1, 0.15) is 22.9 Å². The first-order valence-corrected chi connectivity index (χ1v) is 7.85. The van der Waals surface area contributed by atoms with Crippen molar-refractivity contribution in [2.24, 2.45) is 0 Å². The fraction of sp³-hybridized carbons (Fsp3) is 0.500. The highest BCUT2D eigenvalue weighted by atomic mass is 79.9. The smallest absolute Gasteiger partial charge is 0.248 e. The normalized spacial score (nSPS) is 15.2. The average molecular weight is 344 g/mol. The Morgan fingerprint density at radius 3 is 2.50 bits per heavy atom. The fourth-order valence-corrected chi connectivity index (χ4v) is 3.66. The van der Waals surface area contributed by atoms with Crippen LogP contribution in [-0.2, 0) is 10.8 Å². The van der Waals surface area contributed by atoms with Gasteiger partial charge < -0.3 is 0 Å². The van der Waals surface area contributed by atoms with Gasteiger partial charge >= 0.3 is 0 Å². The Hall–Kier alpha value is 0.290. The lowest BCUT2D eigenvalue weighted by molar-refractivity contribution is -0.392. The Morgan fingerprint density at radius 2 is 2.12 bits per heavy atom. The zero-order valence-corrected chi connectivity index (χ0v) is 13.6. The summed E-state index contributed by atoms with van der Waals surface area (Å²) in [6, 6.07) is 1.84. The van der Waals surface area contributed by atoms with Gasteiger partial charge in [0.25, 0.3) is 5.00 Å². The summed E-state index contributed by atoms with van der Waals surface area (Å²) in [5, 5.41) is 1.56. The van der Waals surface area contributed by atoms with Crippen molar-refractivity contribution in [3.05, 3.63) is 14.9 Å². The summed E-state index contributed by atoms with van der Waals surface area (Å²) in [5.74, 6) is 0. The van der Waals surface area contributed by atoms with Crippen molar-refractivity contribution in [2.75, 3.05) is 7.05 Å². The molecule has 0 saturated heterocycles. The molecule has 0 amide bonds. The lowest BCUT2D eigenvalue weighted by Gasteiger charge is -2.12. The van der Waals surface area contributed by atoms with Crippen molar-refractivity contribution in [2.45, 2.75) is 25.5 Å². The SMILES string of the molecule is C[N+](=C[S@](=O)C(C)(C)C)c1sc(Br)cc1Cl. The lowest BCUT2D eigenvalue weighted by Crippen LogP contribution is -2.24. The monoisotopic (exact) mass is 342 g/mol. The van der Waals surface area contributed by atoms with Crippen LogP contribution in [0.15, 0.2) is 9.85 Å². The quantitative estimate of drug-likeness (QED) is 0.451. The molecule has 0 N–H and O–H groups in total. The maximum atomic E-state index is 11.9. The van der Waals surface area contributed by atoms with Crippen LogP contribution in [0.25, 0.3) is 0 Å². The number of thiophene rings is 1. The van der Waals surface area contributed by atoms with Gasteiger partial charge in [-0.1, -0.05) is 22.9 Å². The molecular weight excluding hydrogens is 330 g/mol. The Balaban J connectivity index is 3.03. The van der Waals surface area contributed by atoms with Crippen LogP contribution < -0.4 is 0 Å². The highest BCUT2D eigenvalue weighted by Gasteiger charge is 2.23. The van der Waals surface area contributed by atoms with Crippen LogP contribution >= 0.6 is 38.9 Å². The van der Waals surface area contributed by atoms with Gasteiger partial charge in [-0.2, -0.15) is 4.58 Å². The number of hydrogen-bond donors (Lipinski definition) is 0. The van der Waals surface area contributed by atoms with Crippen LogP contribution in [0.1, 0.15) is 20.8 Å². The molecule has 1 aromatic rings. The van der Waals surface area contributed by atoms with E-state index in [2.05, 4.69) is 15.9 Å². The van der Waals surface area contributed by atoms with E-state index < -0.39 is 10.8 Å². The maximum absolute atomic E-state index is 11.9. The molecule has 0 aliphatic heterocycles. The largest absolute Gasteiger partial charge is 0.281 e. The van der Waals surface area contributed by atoms with Crippen molar-refractivity contribution in [1.29, 1.82) is 0 Å². The molecule has 0 spiro atoms. The van der Waals surface area contributed by atoms with Gasteiger partial charge in [0.05, 0.1) is 3.79 Å². The van der Waals surface area contributed by atoms with E-state index in [1.165, 1.54) is 11.3 Å². The summed E-state index contributed by atoms with van der Waals surface area (Å²) in [4.78, 5) is 0. The highest BCUT2D eigenvalue weighted by molar-refractivity contribution is 9.11. The van der Waals surface area contributed by atoms with E-state index in [1.807, 2.05) is 38.5 Å². The van der Waals surface area contributed by atoms with Gasteiger partial charge in [-0.15, -0.1) is 0 Å². The van der Waals surface area contributed by atoms with Crippen molar-refractivity contribution in [3.63, 3.8) is 0 Å². The Labute approximate surface area is 116 Å². The Morgan fingerprint density at radius 1 is 1.56 bits per heavy atom. The van der Waals surface area contributed by atoms with Crippen LogP contribution in [-0.4, -0.2) is 26.1 Å². The molecule has 0 aliphatic rings. The molecule has 0 fully saturated rings. The Kier molecular flexibility index (Phi) is 4.75. The van der Waals surface area contributed by atoms with Crippen molar-refractivity contribution < 1.29 is 8.78 Å². The van der Waals surface area contributed by atoms with Gasteiger partial charge in [-0.25, -0.2) is 4.21 Å². The van der Waals surface area contributed by atoms with E-state index in [0.29, 0.717) is 5.02 Å². The minimum Gasteiger partial charge on any atom is -0.248 e. The molecule has 6 heteroatoms. The van der Waals surface area contributed by atoms with Crippen LogP contribution in [0.5, 0.6) is 0 Å². The molecule has 0 bridgehead atoms. The van der Waals surface area contributed by atoms with Gasteiger partial charge in [-0.3, -0.25) is 0 Å². The zero-order chi connectivity index (χ0) is 12.5. The van der Waals surface area contributed by atoms with E-state index in [0.717, 1.165) is 8.79 Å². The first-order valence-electron chi connectivity index (χ1n) is 4.65. The van der Waals surface area contributed by atoms with E-state index in [4.69, 9.17) is 11.6 Å². The minimum absolute atomic E-state index is 0.255. The molecule has 2 nitrogen and oxygen atoms in total. The molecule has 0 radical (unpaired) electrons. The van der Waals surface area contributed by atoms with Crippen molar-refractivity contribution in [3.8, 4) is 0 Å². The first-order chi connectivity index (χ1) is 7.21. The van der Waals surface area contributed by atoms with Crippen LogP contribution in [0, 0.1) is 0 Å². The summed E-state index contributed by atoms with van der Waals surface area (Å²) in [7, 11) is 0.822. The van der Waals surface area contributed by atoms with Gasteiger partial charge in [0.2, 0.25) is 5.55 Å². The molecule has 16 heavy (non-hydrogen) atoms. The predicted octanol–water partition coefficient (Wildman–Crippen LogP) is 4.01. The summed E-state index contributed by atoms with van der Waals surface area (Å²) >= 11 is 11.0. The molecule has 1 heterocycles. The van der Waals surface area contributed by atoms with Crippen LogP contribution in [0.4, 0.5) is 5.00 Å². The summed E-state index contributed by atoms with van der Waals surface area (Å²) in [6.45, 7) is 5.83. The van der Waals surface area contributed by atoms with E-state index in [-0.39, 0.29) is 4.75 Å². The van der Waals surface area contributed by atoms with Gasteiger partial charge in [-0.05, 0) is 42.8 Å². The third kappa shape index (κ3) is 3.65. The van der Waals surface area contributed by atoms with E-state index in [1.54, 1.807) is 5.55 Å². The Bertz CT molecular complexity index is 448. The molecule has 0 aromatic carbocycles. The molecule has 0 aliphatic carbocycles. The zero-order valence-electron chi connectivity index (χ0n) is 9.58. The highest BCUT2D eigenvalue weighted by Crippen LogP contribution is 2.36. The number of hydrogen-bond acceptors (Lipinski definition) is 2. The summed E-state index contributed by atoms with van der Waals surface area (Å²) in [5.41, 5.74) is 1.70. The molecular formula is C10H14BrClNOS2+. The molecule has 0 saturated carbocycles. The summed E-state index contributed by atoms with van der Waals surface area (Å²) in [6.07, 6.45) is 0. The predicted molar refractivity (Wildman–Crippen MR) is 76.8 cm³/mol. The fourth-order valence-electron chi connectivity index (χ4n) is 0.922. The molecule has 1 atom stereocenters. The van der Waals surface area contributed by atoms with Crippen LogP contribution in [0.3, 0.4) is 0 Å². The van der Waals surface area contributed by atoms with Crippen molar-refractivity contribution >= 4 is 60.2 Å². The van der Waals surface area contributed by atoms with E-state index in [9.17, 15) is 4.21 Å². The molecule has 1 aromatic heterocycles. The number of halogens is 2. The number of rotatable bonds is 2. The van der Waals surface area contributed by atoms with Crippen LogP contribution in [0.2, 0.25) is 5.02 Å². The average Bonchev–Trinajstić information content (AvgIpc) is 2.43. The topological polar surface area (TPSA) is 20.1 Å². The molecule has 1 rings (SSSR count). The van der Waals surface area contributed by atoms with Gasteiger partial charge in [0.15, 0.2) is 0 Å². The lowest BCUT2D eigenvalue weighted by atomic mass is 10.3. The number of nitrogens with zero attached hydrogens (tertiary/aromatic N) is 1. The second-order valence-electron chi connectivity index (χ2n) is 4.33. The maximum Gasteiger partial charge on any atom is 0.281 e. The van der Waals surface area contributed by atoms with E-state index >= 15 is 0 Å². The molecule has 90 valence electrons.